The second kappa shape index (κ2) is 7.72. The van der Waals surface area contributed by atoms with Gasteiger partial charge in [-0.1, -0.05) is 6.07 Å². The number of halogens is 1. The number of hydrogen-bond acceptors (Lipinski definition) is 5. The van der Waals surface area contributed by atoms with Crippen LogP contribution in [-0.2, 0) is 6.54 Å². The molecule has 0 fully saturated rings. The van der Waals surface area contributed by atoms with Gasteiger partial charge in [-0.2, -0.15) is 10.4 Å². The number of rotatable bonds is 4. The van der Waals surface area contributed by atoms with Gasteiger partial charge >= 0.3 is 0 Å². The standard InChI is InChI=1S/C16H15BrN8/c1-11-8-21-16(20-5-6-25-10-19-9-22-25)24-15(11)12(7-18)13-3-2-4-14(17)23-13/h2-4,8-10H,5-6H2,1H3,(H2,20,21,24)/b15-12-. The zero-order valence-corrected chi connectivity index (χ0v) is 15.0. The smallest absolute Gasteiger partial charge is 0.199 e. The second-order valence-electron chi connectivity index (χ2n) is 5.19. The van der Waals surface area contributed by atoms with Crippen LogP contribution in [0.4, 0.5) is 0 Å². The molecule has 1 aliphatic rings. The zero-order valence-electron chi connectivity index (χ0n) is 13.4. The maximum Gasteiger partial charge on any atom is 0.199 e. The van der Waals surface area contributed by atoms with Crippen LogP contribution in [0.2, 0.25) is 0 Å². The Bertz CT molecular complexity index is 889. The Hall–Kier alpha value is -2.99. The minimum Gasteiger partial charge on any atom is -0.332 e. The molecule has 0 spiro atoms. The van der Waals surface area contributed by atoms with E-state index in [4.69, 9.17) is 0 Å². The number of nitrogens with zero attached hydrogens (tertiary/aromatic N) is 6. The first-order chi connectivity index (χ1) is 12.2. The van der Waals surface area contributed by atoms with E-state index in [0.29, 0.717) is 40.6 Å². The van der Waals surface area contributed by atoms with Gasteiger partial charge in [0.05, 0.1) is 24.5 Å². The van der Waals surface area contributed by atoms with E-state index < -0.39 is 0 Å². The van der Waals surface area contributed by atoms with Gasteiger partial charge in [0.15, 0.2) is 5.96 Å². The van der Waals surface area contributed by atoms with E-state index in [-0.39, 0.29) is 0 Å². The van der Waals surface area contributed by atoms with Crippen molar-refractivity contribution in [3.05, 3.63) is 58.6 Å². The van der Waals surface area contributed by atoms with Crippen molar-refractivity contribution < 1.29 is 0 Å². The number of nitriles is 1. The van der Waals surface area contributed by atoms with Crippen LogP contribution < -0.4 is 10.6 Å². The van der Waals surface area contributed by atoms with Crippen LogP contribution in [0.15, 0.2) is 57.9 Å². The molecule has 0 aromatic carbocycles. The largest absolute Gasteiger partial charge is 0.332 e. The van der Waals surface area contributed by atoms with Crippen LogP contribution in [0.3, 0.4) is 0 Å². The summed E-state index contributed by atoms with van der Waals surface area (Å²) in [7, 11) is 0. The number of allylic oxidation sites excluding steroid dienone is 2. The summed E-state index contributed by atoms with van der Waals surface area (Å²) in [6, 6.07) is 7.70. The van der Waals surface area contributed by atoms with Gasteiger partial charge < -0.3 is 10.6 Å². The SMILES string of the molecule is CC1=CNC(=NCCn2cncn2)N/C1=C(/C#N)c1cccc(Br)n1. The second-order valence-corrected chi connectivity index (χ2v) is 6.01. The average molecular weight is 399 g/mol. The molecule has 2 N–H and O–H groups in total. The highest BCUT2D eigenvalue weighted by molar-refractivity contribution is 9.10. The Kier molecular flexibility index (Phi) is 5.20. The summed E-state index contributed by atoms with van der Waals surface area (Å²) in [5, 5.41) is 19.9. The molecule has 0 aliphatic carbocycles. The maximum atomic E-state index is 9.62. The Balaban J connectivity index is 1.83. The number of hydrogen-bond donors (Lipinski definition) is 2. The average Bonchev–Trinajstić information content (AvgIpc) is 3.12. The first-order valence-corrected chi connectivity index (χ1v) is 8.31. The topological polar surface area (TPSA) is 104 Å². The normalized spacial score (nSPS) is 17.3. The van der Waals surface area contributed by atoms with Crippen molar-refractivity contribution >= 4 is 27.5 Å². The number of aromatic nitrogens is 4. The zero-order chi connectivity index (χ0) is 17.6. The monoisotopic (exact) mass is 398 g/mol. The molecule has 1 aliphatic heterocycles. The predicted octanol–water partition coefficient (Wildman–Crippen LogP) is 1.82. The van der Waals surface area contributed by atoms with E-state index >= 15 is 0 Å². The molecule has 9 heteroatoms. The molecule has 8 nitrogen and oxygen atoms in total. The lowest BCUT2D eigenvalue weighted by atomic mass is 10.1. The first-order valence-electron chi connectivity index (χ1n) is 7.52. The van der Waals surface area contributed by atoms with Crippen molar-refractivity contribution in [2.24, 2.45) is 4.99 Å². The number of nitrogens with one attached hydrogen (secondary N) is 2. The van der Waals surface area contributed by atoms with Gasteiger partial charge in [0, 0.05) is 6.20 Å². The quantitative estimate of drug-likeness (QED) is 0.601. The van der Waals surface area contributed by atoms with E-state index in [1.54, 1.807) is 17.1 Å². The van der Waals surface area contributed by atoms with Crippen LogP contribution >= 0.6 is 15.9 Å². The highest BCUT2D eigenvalue weighted by atomic mass is 79.9. The van der Waals surface area contributed by atoms with Crippen LogP contribution in [0, 0.1) is 11.3 Å². The summed E-state index contributed by atoms with van der Waals surface area (Å²) in [6.45, 7) is 3.06. The van der Waals surface area contributed by atoms with Crippen LogP contribution in [-0.4, -0.2) is 32.3 Å². The van der Waals surface area contributed by atoms with Crippen LogP contribution in [0.5, 0.6) is 0 Å². The first kappa shape index (κ1) is 16.9. The van der Waals surface area contributed by atoms with Crippen molar-refractivity contribution in [2.75, 3.05) is 6.54 Å². The maximum absolute atomic E-state index is 9.62. The molecule has 0 saturated carbocycles. The predicted molar refractivity (Wildman–Crippen MR) is 96.8 cm³/mol. The summed E-state index contributed by atoms with van der Waals surface area (Å²) in [5.41, 5.74) is 2.64. The highest BCUT2D eigenvalue weighted by Gasteiger charge is 2.17. The molecule has 0 saturated heterocycles. The molecule has 2 aromatic heterocycles. The molecule has 0 amide bonds. The van der Waals surface area contributed by atoms with Gasteiger partial charge in [-0.3, -0.25) is 9.67 Å². The molecule has 0 unspecified atom stereocenters. The summed E-state index contributed by atoms with van der Waals surface area (Å²) < 4.78 is 2.38. The molecular formula is C16H15BrN8. The molecule has 25 heavy (non-hydrogen) atoms. The van der Waals surface area contributed by atoms with Crippen molar-refractivity contribution in [2.45, 2.75) is 13.5 Å². The van der Waals surface area contributed by atoms with Crippen LogP contribution in [0.25, 0.3) is 5.57 Å². The Labute approximate surface area is 153 Å². The van der Waals surface area contributed by atoms with E-state index in [1.807, 2.05) is 25.3 Å². The van der Waals surface area contributed by atoms with Crippen molar-refractivity contribution in [3.63, 3.8) is 0 Å². The number of pyridine rings is 1. The highest BCUT2D eigenvalue weighted by Crippen LogP contribution is 2.22. The van der Waals surface area contributed by atoms with Crippen molar-refractivity contribution in [1.82, 2.24) is 30.4 Å². The van der Waals surface area contributed by atoms with E-state index in [0.717, 1.165) is 5.57 Å². The van der Waals surface area contributed by atoms with Gasteiger partial charge in [0.1, 0.15) is 28.9 Å². The third kappa shape index (κ3) is 4.10. The van der Waals surface area contributed by atoms with Gasteiger partial charge in [0.2, 0.25) is 0 Å². The fraction of sp³-hybridized carbons (Fsp3) is 0.188. The number of guanidine groups is 1. The minimum atomic E-state index is 0.459. The molecule has 2 aromatic rings. The van der Waals surface area contributed by atoms with Gasteiger partial charge in [0.25, 0.3) is 0 Å². The molecular weight excluding hydrogens is 384 g/mol. The third-order valence-corrected chi connectivity index (χ3v) is 3.90. The van der Waals surface area contributed by atoms with Gasteiger partial charge in [-0.25, -0.2) is 9.97 Å². The van der Waals surface area contributed by atoms with E-state index in [1.165, 1.54) is 6.33 Å². The molecule has 0 radical (unpaired) electrons. The summed E-state index contributed by atoms with van der Waals surface area (Å²) in [6.07, 6.45) is 4.95. The van der Waals surface area contributed by atoms with E-state index in [2.05, 4.69) is 52.7 Å². The Morgan fingerprint density at radius 2 is 2.32 bits per heavy atom. The summed E-state index contributed by atoms with van der Waals surface area (Å²) in [5.74, 6) is 0.573. The van der Waals surface area contributed by atoms with Crippen molar-refractivity contribution in [1.29, 1.82) is 5.26 Å². The fourth-order valence-electron chi connectivity index (χ4n) is 2.25. The molecule has 0 bridgehead atoms. The fourth-order valence-corrected chi connectivity index (χ4v) is 2.59. The summed E-state index contributed by atoms with van der Waals surface area (Å²) in [4.78, 5) is 12.7. The molecule has 3 heterocycles. The summed E-state index contributed by atoms with van der Waals surface area (Å²) >= 11 is 3.34. The van der Waals surface area contributed by atoms with E-state index in [9.17, 15) is 5.26 Å². The van der Waals surface area contributed by atoms with Gasteiger partial charge in [-0.05, 0) is 40.6 Å². The van der Waals surface area contributed by atoms with Gasteiger partial charge in [-0.15, -0.1) is 0 Å². The minimum absolute atomic E-state index is 0.459. The number of aliphatic imine (C=N–C) groups is 1. The molecule has 3 rings (SSSR count). The lowest BCUT2D eigenvalue weighted by Gasteiger charge is -2.21. The lowest BCUT2D eigenvalue weighted by molar-refractivity contribution is 0.622. The Morgan fingerprint density at radius 3 is 3.04 bits per heavy atom. The molecule has 0 atom stereocenters. The van der Waals surface area contributed by atoms with Crippen LogP contribution in [0.1, 0.15) is 12.6 Å². The lowest BCUT2D eigenvalue weighted by Crippen LogP contribution is -2.39. The third-order valence-electron chi connectivity index (χ3n) is 3.46. The molecule has 126 valence electrons. The van der Waals surface area contributed by atoms with Crippen molar-refractivity contribution in [3.8, 4) is 6.07 Å². The Morgan fingerprint density at radius 1 is 1.44 bits per heavy atom.